The van der Waals surface area contributed by atoms with Crippen LogP contribution in [-0.2, 0) is 34.6 Å². The molecule has 1 aliphatic heterocycles. The van der Waals surface area contributed by atoms with Crippen molar-refractivity contribution in [2.45, 2.75) is 115 Å². The van der Waals surface area contributed by atoms with Gasteiger partial charge in [-0.1, -0.05) is 23.7 Å². The molecule has 0 aliphatic carbocycles. The first-order chi connectivity index (χ1) is 19.5. The lowest BCUT2D eigenvalue weighted by Gasteiger charge is -2.54. The molecule has 13 heteroatoms. The van der Waals surface area contributed by atoms with Crippen molar-refractivity contribution in [3.05, 3.63) is 50.7 Å². The molecule has 0 saturated carbocycles. The molecule has 1 saturated heterocycles. The second-order valence-corrected chi connectivity index (χ2v) is 34.8. The third kappa shape index (κ3) is 10.9. The lowest BCUT2D eigenvalue weighted by Crippen LogP contribution is -2.69. The summed E-state index contributed by atoms with van der Waals surface area (Å²) in [5.74, 6) is -1.02. The lowest BCUT2D eigenvalue weighted by atomic mass is 9.91. The molecule has 1 unspecified atom stereocenters. The van der Waals surface area contributed by atoms with Gasteiger partial charge in [0.2, 0.25) is 5.79 Å². The van der Waals surface area contributed by atoms with Crippen LogP contribution < -0.4 is 4.74 Å². The fourth-order valence-corrected chi connectivity index (χ4v) is 10.1. The minimum absolute atomic E-state index is 0.288. The van der Waals surface area contributed by atoms with E-state index in [1.165, 1.54) is 11.3 Å². The third-order valence-electron chi connectivity index (χ3n) is 6.51. The van der Waals surface area contributed by atoms with E-state index in [-0.39, 0.29) is 6.61 Å². The van der Waals surface area contributed by atoms with Gasteiger partial charge >= 0.3 is 0 Å². The Balaban J connectivity index is 2.15. The molecule has 1 aromatic carbocycles. The molecule has 0 amide bonds. The summed E-state index contributed by atoms with van der Waals surface area (Å²) in [4.78, 5) is 0.595. The SMILES string of the molecule is COc1ccc(Cc2cc(C3(O)O[C@H](CO[Si](C)(C)C)[C@@H](O[Si](C)(C)C)[C@H](O[Si](C)(C)C)[C@H]3O[Si](C)(C)C)sc2Cl)cc1. The van der Waals surface area contributed by atoms with Gasteiger partial charge in [0.05, 0.1) is 22.9 Å². The maximum absolute atomic E-state index is 12.8. The molecule has 3 rings (SSSR count). The molecule has 1 aromatic heterocycles. The molecule has 1 fully saturated rings. The summed E-state index contributed by atoms with van der Waals surface area (Å²) in [6, 6.07) is 9.88. The minimum Gasteiger partial charge on any atom is -0.497 e. The van der Waals surface area contributed by atoms with E-state index < -0.39 is 63.5 Å². The molecule has 0 spiro atoms. The fraction of sp³-hybridized carbons (Fsp3) is 0.667. The highest BCUT2D eigenvalue weighted by Gasteiger charge is 2.59. The summed E-state index contributed by atoms with van der Waals surface area (Å²) in [6.07, 6.45) is -1.82. The summed E-state index contributed by atoms with van der Waals surface area (Å²) < 4.78 is 39.8. The van der Waals surface area contributed by atoms with E-state index in [4.69, 9.17) is 38.8 Å². The zero-order chi connectivity index (χ0) is 32.6. The minimum atomic E-state index is -2.23. The van der Waals surface area contributed by atoms with Crippen molar-refractivity contribution in [3.63, 3.8) is 0 Å². The molecule has 43 heavy (non-hydrogen) atoms. The number of rotatable bonds is 13. The van der Waals surface area contributed by atoms with Crippen LogP contribution in [0, 0.1) is 0 Å². The molecular formula is C30H53ClO7SSi4. The van der Waals surface area contributed by atoms with Crippen LogP contribution in [0.1, 0.15) is 16.0 Å². The van der Waals surface area contributed by atoms with Gasteiger partial charge < -0.3 is 32.3 Å². The summed E-state index contributed by atoms with van der Waals surface area (Å²) in [6.45, 7) is 26.0. The first-order valence-corrected chi connectivity index (χ1v) is 29.8. The summed E-state index contributed by atoms with van der Waals surface area (Å²) in [5, 5.41) is 12.8. The zero-order valence-corrected chi connectivity index (χ0v) is 33.9. The van der Waals surface area contributed by atoms with Gasteiger partial charge in [-0.15, -0.1) is 11.3 Å². The molecular weight excluding hydrogens is 652 g/mol. The van der Waals surface area contributed by atoms with Gasteiger partial charge in [-0.2, -0.15) is 0 Å². The first kappa shape index (κ1) is 37.1. The van der Waals surface area contributed by atoms with E-state index in [0.29, 0.717) is 15.6 Å². The first-order valence-electron chi connectivity index (χ1n) is 15.0. The Hall–Kier alpha value is -0.362. The largest absolute Gasteiger partial charge is 0.497 e. The fourth-order valence-electron chi connectivity index (χ4n) is 4.91. The molecule has 1 aliphatic rings. The van der Waals surface area contributed by atoms with Gasteiger partial charge in [-0.3, -0.25) is 0 Å². The topological polar surface area (TPSA) is 75.6 Å². The Bertz CT molecular complexity index is 1200. The quantitative estimate of drug-likeness (QED) is 0.212. The van der Waals surface area contributed by atoms with E-state index in [0.717, 1.165) is 16.9 Å². The second-order valence-electron chi connectivity index (χ2n) is 15.3. The van der Waals surface area contributed by atoms with E-state index in [9.17, 15) is 5.11 Å². The van der Waals surface area contributed by atoms with Crippen LogP contribution in [0.15, 0.2) is 30.3 Å². The second kappa shape index (κ2) is 13.8. The van der Waals surface area contributed by atoms with Crippen LogP contribution in [0.25, 0.3) is 0 Å². The molecule has 0 radical (unpaired) electrons. The number of ether oxygens (including phenoxy) is 2. The molecule has 7 nitrogen and oxygen atoms in total. The van der Waals surface area contributed by atoms with E-state index in [2.05, 4.69) is 78.6 Å². The van der Waals surface area contributed by atoms with Gasteiger partial charge in [0.1, 0.15) is 30.2 Å². The summed E-state index contributed by atoms with van der Waals surface area (Å²) in [5.41, 5.74) is 2.00. The average molecular weight is 706 g/mol. The van der Waals surface area contributed by atoms with Gasteiger partial charge in [-0.05, 0) is 114 Å². The van der Waals surface area contributed by atoms with Crippen LogP contribution in [0.4, 0.5) is 0 Å². The standard InChI is InChI=1S/C30H53ClO7SSi4/c1-33-23-16-14-21(15-17-23)18-22-19-25(39-29(22)31)30(32)28(38-43(11,12)13)27(37-42(8,9)10)26(36-41(5,6)7)24(35-30)20-34-40(2,3)4/h14-17,19,24,26-28,32H,18,20H2,1-13H3/t24-,26-,27+,28-,30?/m1/s1. The van der Waals surface area contributed by atoms with Crippen LogP contribution >= 0.6 is 22.9 Å². The van der Waals surface area contributed by atoms with Crippen LogP contribution in [0.5, 0.6) is 5.75 Å². The zero-order valence-electron chi connectivity index (χ0n) is 28.3. The molecule has 2 heterocycles. The Labute approximate surface area is 272 Å². The van der Waals surface area contributed by atoms with E-state index in [1.54, 1.807) is 7.11 Å². The van der Waals surface area contributed by atoms with Gasteiger partial charge in [0.15, 0.2) is 33.3 Å². The highest BCUT2D eigenvalue weighted by Crippen LogP contribution is 2.47. The van der Waals surface area contributed by atoms with E-state index in [1.807, 2.05) is 30.3 Å². The lowest BCUT2D eigenvalue weighted by molar-refractivity contribution is -0.347. The smallest absolute Gasteiger partial charge is 0.231 e. The average Bonchev–Trinajstić information content (AvgIpc) is 3.20. The number of aliphatic hydroxyl groups is 1. The number of hydrogen-bond donors (Lipinski definition) is 1. The Kier molecular flexibility index (Phi) is 11.9. The highest BCUT2D eigenvalue weighted by molar-refractivity contribution is 7.16. The maximum atomic E-state index is 12.8. The Morgan fingerprint density at radius 1 is 0.814 bits per heavy atom. The highest BCUT2D eigenvalue weighted by atomic mass is 35.5. The number of hydrogen-bond acceptors (Lipinski definition) is 8. The molecule has 244 valence electrons. The van der Waals surface area contributed by atoms with Gasteiger partial charge in [0, 0.05) is 0 Å². The number of thiophene rings is 1. The van der Waals surface area contributed by atoms with E-state index >= 15 is 0 Å². The molecule has 1 N–H and O–H groups in total. The van der Waals surface area contributed by atoms with Gasteiger partial charge in [0.25, 0.3) is 0 Å². The molecule has 2 aromatic rings. The number of halogens is 1. The van der Waals surface area contributed by atoms with Crippen molar-refractivity contribution in [2.24, 2.45) is 0 Å². The third-order valence-corrected chi connectivity index (χ3v) is 12.0. The van der Waals surface area contributed by atoms with Crippen LogP contribution in [0.2, 0.25) is 82.9 Å². The van der Waals surface area contributed by atoms with Crippen molar-refractivity contribution in [3.8, 4) is 5.75 Å². The number of benzene rings is 1. The van der Waals surface area contributed by atoms with Crippen molar-refractivity contribution in [1.29, 1.82) is 0 Å². The predicted octanol–water partition coefficient (Wildman–Crippen LogP) is 8.06. The van der Waals surface area contributed by atoms with Crippen molar-refractivity contribution < 1.29 is 32.3 Å². The van der Waals surface area contributed by atoms with Crippen LogP contribution in [-0.4, -0.2) is 76.5 Å². The van der Waals surface area contributed by atoms with Crippen molar-refractivity contribution >= 4 is 56.2 Å². The van der Waals surface area contributed by atoms with Crippen LogP contribution in [0.3, 0.4) is 0 Å². The van der Waals surface area contributed by atoms with Crippen molar-refractivity contribution in [1.82, 2.24) is 0 Å². The number of methoxy groups -OCH3 is 1. The normalized spacial score (nSPS) is 25.7. The molecule has 0 bridgehead atoms. The summed E-state index contributed by atoms with van der Waals surface area (Å²) >= 11 is 8.19. The maximum Gasteiger partial charge on any atom is 0.231 e. The predicted molar refractivity (Wildman–Crippen MR) is 188 cm³/mol. The summed E-state index contributed by atoms with van der Waals surface area (Å²) in [7, 11) is -6.75. The van der Waals surface area contributed by atoms with Gasteiger partial charge in [-0.25, -0.2) is 0 Å². The molecule has 5 atom stereocenters. The Morgan fingerprint density at radius 3 is 1.84 bits per heavy atom. The Morgan fingerprint density at radius 2 is 1.35 bits per heavy atom. The van der Waals surface area contributed by atoms with Crippen molar-refractivity contribution in [2.75, 3.05) is 13.7 Å². The monoisotopic (exact) mass is 704 g/mol.